The maximum Gasteiger partial charge on any atom is 0.422 e. The highest BCUT2D eigenvalue weighted by Gasteiger charge is 2.28. The highest BCUT2D eigenvalue weighted by molar-refractivity contribution is 7.98. The van der Waals surface area contributed by atoms with E-state index >= 15 is 0 Å². The second-order valence-electron chi connectivity index (χ2n) is 4.69. The van der Waals surface area contributed by atoms with E-state index in [-0.39, 0.29) is 5.75 Å². The van der Waals surface area contributed by atoms with Crippen molar-refractivity contribution in [2.24, 2.45) is 0 Å². The number of aromatic nitrogens is 2. The summed E-state index contributed by atoms with van der Waals surface area (Å²) in [5, 5.41) is 10.3. The molecule has 126 valence electrons. The van der Waals surface area contributed by atoms with Gasteiger partial charge in [0.25, 0.3) is 11.1 Å². The Hall–Kier alpha value is -2.00. The Morgan fingerprint density at radius 2 is 1.92 bits per heavy atom. The fraction of sp³-hybridized carbons (Fsp3) is 0.200. The molecule has 3 rings (SSSR count). The minimum atomic E-state index is -4.34. The van der Waals surface area contributed by atoms with Crippen molar-refractivity contribution < 1.29 is 22.3 Å². The maximum atomic E-state index is 12.1. The molecule has 0 bridgehead atoms. The summed E-state index contributed by atoms with van der Waals surface area (Å²) in [5.41, 5.74) is 0.912. The lowest BCUT2D eigenvalue weighted by Crippen LogP contribution is -2.19. The van der Waals surface area contributed by atoms with Crippen molar-refractivity contribution in [1.29, 1.82) is 0 Å². The lowest BCUT2D eigenvalue weighted by Gasteiger charge is -2.09. The van der Waals surface area contributed by atoms with E-state index in [1.54, 1.807) is 12.1 Å². The Balaban J connectivity index is 1.53. The van der Waals surface area contributed by atoms with Gasteiger partial charge in [0.2, 0.25) is 0 Å². The Kier molecular flexibility index (Phi) is 5.10. The van der Waals surface area contributed by atoms with E-state index in [0.717, 1.165) is 10.4 Å². The summed E-state index contributed by atoms with van der Waals surface area (Å²) in [6.45, 7) is -1.30. The van der Waals surface area contributed by atoms with Gasteiger partial charge in [0.1, 0.15) is 5.75 Å². The summed E-state index contributed by atoms with van der Waals surface area (Å²) < 4.78 is 46.5. The van der Waals surface area contributed by atoms with Crippen molar-refractivity contribution in [2.45, 2.75) is 17.2 Å². The van der Waals surface area contributed by atoms with Crippen LogP contribution in [0.5, 0.6) is 5.75 Å². The van der Waals surface area contributed by atoms with Crippen molar-refractivity contribution in [3.8, 4) is 16.5 Å². The van der Waals surface area contributed by atoms with Gasteiger partial charge in [-0.1, -0.05) is 30.0 Å². The highest BCUT2D eigenvalue weighted by Crippen LogP contribution is 2.28. The standard InChI is InChI=1S/C15H11F3N2O2S2/c16-15(17,18)9-21-11-5-3-10(4-6-11)8-24-14-20-19-13(22-14)12-2-1-7-23-12/h1-7H,8-9H2. The minimum absolute atomic E-state index is 0.179. The Morgan fingerprint density at radius 3 is 2.58 bits per heavy atom. The topological polar surface area (TPSA) is 48.2 Å². The minimum Gasteiger partial charge on any atom is -0.484 e. The number of benzene rings is 1. The average Bonchev–Trinajstić information content (AvgIpc) is 3.22. The number of halogens is 3. The molecule has 1 aromatic carbocycles. The normalized spacial score (nSPS) is 11.6. The quantitative estimate of drug-likeness (QED) is 0.568. The van der Waals surface area contributed by atoms with Crippen LogP contribution in [0.15, 0.2) is 51.4 Å². The van der Waals surface area contributed by atoms with Gasteiger partial charge in [0.15, 0.2) is 6.61 Å². The van der Waals surface area contributed by atoms with Gasteiger partial charge in [-0.05, 0) is 29.1 Å². The smallest absolute Gasteiger partial charge is 0.422 e. The first-order valence-corrected chi connectivity index (χ1v) is 8.65. The predicted molar refractivity (Wildman–Crippen MR) is 85.2 cm³/mol. The lowest BCUT2D eigenvalue weighted by atomic mass is 10.2. The molecule has 0 unspecified atom stereocenters. The third-order valence-electron chi connectivity index (χ3n) is 2.83. The molecule has 0 saturated heterocycles. The van der Waals surface area contributed by atoms with E-state index in [2.05, 4.69) is 14.9 Å². The fourth-order valence-corrected chi connectivity index (χ4v) is 3.12. The van der Waals surface area contributed by atoms with E-state index in [1.165, 1.54) is 35.2 Å². The van der Waals surface area contributed by atoms with Crippen molar-refractivity contribution in [1.82, 2.24) is 10.2 Å². The number of rotatable bonds is 6. The van der Waals surface area contributed by atoms with Crippen LogP contribution in [0.4, 0.5) is 13.2 Å². The van der Waals surface area contributed by atoms with Crippen LogP contribution in [-0.2, 0) is 5.75 Å². The number of thioether (sulfide) groups is 1. The number of hydrogen-bond acceptors (Lipinski definition) is 6. The summed E-state index contributed by atoms with van der Waals surface area (Å²) in [4.78, 5) is 0.903. The SMILES string of the molecule is FC(F)(F)COc1ccc(CSc2nnc(-c3cccs3)o2)cc1. The molecule has 0 N–H and O–H groups in total. The van der Waals surface area contributed by atoms with Gasteiger partial charge >= 0.3 is 6.18 Å². The Labute approximate surface area is 143 Å². The van der Waals surface area contributed by atoms with Crippen LogP contribution in [0.25, 0.3) is 10.8 Å². The zero-order valence-electron chi connectivity index (χ0n) is 12.1. The molecule has 2 heterocycles. The van der Waals surface area contributed by atoms with Gasteiger partial charge in [-0.15, -0.1) is 21.5 Å². The molecule has 0 aliphatic rings. The number of alkyl halides is 3. The Morgan fingerprint density at radius 1 is 1.12 bits per heavy atom. The highest BCUT2D eigenvalue weighted by atomic mass is 32.2. The first-order chi connectivity index (χ1) is 11.5. The average molecular weight is 372 g/mol. The van der Waals surface area contributed by atoms with Gasteiger partial charge in [0.05, 0.1) is 4.88 Å². The van der Waals surface area contributed by atoms with Crippen molar-refractivity contribution >= 4 is 23.1 Å². The first kappa shape index (κ1) is 16.8. The van der Waals surface area contributed by atoms with E-state index < -0.39 is 12.8 Å². The molecule has 0 aliphatic heterocycles. The monoisotopic (exact) mass is 372 g/mol. The lowest BCUT2D eigenvalue weighted by molar-refractivity contribution is -0.153. The van der Waals surface area contributed by atoms with Gasteiger partial charge in [-0.3, -0.25) is 0 Å². The summed E-state index contributed by atoms with van der Waals surface area (Å²) in [7, 11) is 0. The molecular formula is C15H11F3N2O2S2. The van der Waals surface area contributed by atoms with Crippen molar-refractivity contribution in [2.75, 3.05) is 6.61 Å². The largest absolute Gasteiger partial charge is 0.484 e. The molecule has 0 amide bonds. The van der Waals surface area contributed by atoms with Gasteiger partial charge in [-0.2, -0.15) is 13.2 Å². The van der Waals surface area contributed by atoms with E-state index in [1.807, 2.05) is 17.5 Å². The second-order valence-corrected chi connectivity index (χ2v) is 6.56. The summed E-state index contributed by atoms with van der Waals surface area (Å²) in [6, 6.07) is 10.2. The number of ether oxygens (including phenoxy) is 1. The number of thiophene rings is 1. The second kappa shape index (κ2) is 7.27. The molecule has 24 heavy (non-hydrogen) atoms. The Bertz CT molecular complexity index is 771. The van der Waals surface area contributed by atoms with Crippen LogP contribution in [0, 0.1) is 0 Å². The van der Waals surface area contributed by atoms with Crippen LogP contribution in [-0.4, -0.2) is 23.0 Å². The fourth-order valence-electron chi connectivity index (χ4n) is 1.76. The number of nitrogens with zero attached hydrogens (tertiary/aromatic N) is 2. The van der Waals surface area contributed by atoms with Crippen LogP contribution in [0.3, 0.4) is 0 Å². The summed E-state index contributed by atoms with van der Waals surface area (Å²) >= 11 is 2.87. The zero-order valence-corrected chi connectivity index (χ0v) is 13.7. The molecule has 0 aliphatic carbocycles. The molecule has 2 aromatic heterocycles. The molecule has 0 saturated carbocycles. The van der Waals surface area contributed by atoms with Crippen LogP contribution in [0.2, 0.25) is 0 Å². The van der Waals surface area contributed by atoms with Crippen LogP contribution in [0.1, 0.15) is 5.56 Å². The molecule has 4 nitrogen and oxygen atoms in total. The molecule has 0 spiro atoms. The van der Waals surface area contributed by atoms with Crippen molar-refractivity contribution in [3.63, 3.8) is 0 Å². The maximum absolute atomic E-state index is 12.1. The number of hydrogen-bond donors (Lipinski definition) is 0. The molecular weight excluding hydrogens is 361 g/mol. The molecule has 9 heteroatoms. The van der Waals surface area contributed by atoms with Gasteiger partial charge in [-0.25, -0.2) is 0 Å². The van der Waals surface area contributed by atoms with Crippen molar-refractivity contribution in [3.05, 3.63) is 47.3 Å². The molecule has 0 atom stereocenters. The predicted octanol–water partition coefficient (Wildman–Crippen LogP) is 5.03. The van der Waals surface area contributed by atoms with E-state index in [9.17, 15) is 13.2 Å². The summed E-state index contributed by atoms with van der Waals surface area (Å²) in [5.74, 6) is 1.22. The van der Waals surface area contributed by atoms with Crippen LogP contribution >= 0.6 is 23.1 Å². The van der Waals surface area contributed by atoms with Gasteiger partial charge in [0, 0.05) is 5.75 Å². The molecule has 0 radical (unpaired) electrons. The first-order valence-electron chi connectivity index (χ1n) is 6.78. The van der Waals surface area contributed by atoms with Gasteiger partial charge < -0.3 is 9.15 Å². The molecule has 3 aromatic rings. The third kappa shape index (κ3) is 4.75. The molecule has 0 fully saturated rings. The van der Waals surface area contributed by atoms with E-state index in [0.29, 0.717) is 16.9 Å². The third-order valence-corrected chi connectivity index (χ3v) is 4.57. The summed E-state index contributed by atoms with van der Waals surface area (Å²) in [6.07, 6.45) is -4.34. The zero-order chi connectivity index (χ0) is 17.0. The van der Waals surface area contributed by atoms with Crippen LogP contribution < -0.4 is 4.74 Å². The van der Waals surface area contributed by atoms with E-state index in [4.69, 9.17) is 4.42 Å².